The minimum atomic E-state index is 0.849. The van der Waals surface area contributed by atoms with Crippen molar-refractivity contribution in [2.75, 3.05) is 36.1 Å². The van der Waals surface area contributed by atoms with E-state index in [1.165, 1.54) is 0 Å². The number of nitrogen functional groups attached to an aromatic ring is 1. The maximum absolute atomic E-state index is 5.85. The summed E-state index contributed by atoms with van der Waals surface area (Å²) in [7, 11) is 2.07. The molecule has 0 atom stereocenters. The third kappa shape index (κ3) is 0.978. The Morgan fingerprint density at radius 2 is 2.33 bits per heavy atom. The predicted octanol–water partition coefficient (Wildman–Crippen LogP) is 1.13. The van der Waals surface area contributed by atoms with Gasteiger partial charge in [0.2, 0.25) is 0 Å². The Labute approximate surface area is 72.2 Å². The van der Waals surface area contributed by atoms with Crippen LogP contribution in [-0.4, -0.2) is 20.1 Å². The Bertz CT molecular complexity index is 296. The first-order valence-corrected chi connectivity index (χ1v) is 4.12. The Balaban J connectivity index is 2.53. The Morgan fingerprint density at radius 3 is 3.08 bits per heavy atom. The third-order valence-electron chi connectivity index (χ3n) is 2.21. The molecule has 1 heterocycles. The van der Waals surface area contributed by atoms with Gasteiger partial charge >= 0.3 is 0 Å². The van der Waals surface area contributed by atoms with Crippen molar-refractivity contribution >= 4 is 17.1 Å². The van der Waals surface area contributed by atoms with Crippen LogP contribution >= 0.6 is 0 Å². The standard InChI is InChI=1S/C9H13N3/c1-12-6-5-11-8-4-2-3-7(10)9(8)12/h2-4,11H,5-6,10H2,1H3. The fraction of sp³-hybridized carbons (Fsp3) is 0.333. The van der Waals surface area contributed by atoms with Crippen molar-refractivity contribution in [3.8, 4) is 0 Å². The summed E-state index contributed by atoms with van der Waals surface area (Å²) in [6.45, 7) is 2.01. The van der Waals surface area contributed by atoms with E-state index in [-0.39, 0.29) is 0 Å². The zero-order chi connectivity index (χ0) is 8.55. The van der Waals surface area contributed by atoms with Gasteiger partial charge in [0.15, 0.2) is 0 Å². The van der Waals surface area contributed by atoms with E-state index in [2.05, 4.69) is 23.3 Å². The Hall–Kier alpha value is -1.38. The van der Waals surface area contributed by atoms with Gasteiger partial charge in [-0.3, -0.25) is 0 Å². The first-order valence-electron chi connectivity index (χ1n) is 4.12. The molecular weight excluding hydrogens is 150 g/mol. The van der Waals surface area contributed by atoms with Crippen LogP contribution in [0.5, 0.6) is 0 Å². The average molecular weight is 163 g/mol. The summed E-state index contributed by atoms with van der Waals surface area (Å²) in [5, 5.41) is 3.31. The predicted molar refractivity (Wildman–Crippen MR) is 52.6 cm³/mol. The maximum atomic E-state index is 5.85. The lowest BCUT2D eigenvalue weighted by Gasteiger charge is -2.29. The first-order chi connectivity index (χ1) is 5.79. The number of benzene rings is 1. The highest BCUT2D eigenvalue weighted by Gasteiger charge is 2.14. The van der Waals surface area contributed by atoms with Gasteiger partial charge in [-0.25, -0.2) is 0 Å². The molecule has 0 saturated carbocycles. The van der Waals surface area contributed by atoms with Crippen molar-refractivity contribution in [2.24, 2.45) is 0 Å². The van der Waals surface area contributed by atoms with Crippen LogP contribution in [0.2, 0.25) is 0 Å². The van der Waals surface area contributed by atoms with Gasteiger partial charge in [0.25, 0.3) is 0 Å². The van der Waals surface area contributed by atoms with E-state index in [0.717, 1.165) is 30.2 Å². The molecule has 12 heavy (non-hydrogen) atoms. The summed E-state index contributed by atoms with van der Waals surface area (Å²) in [5.41, 5.74) is 8.97. The van der Waals surface area contributed by atoms with Crippen molar-refractivity contribution in [3.05, 3.63) is 18.2 Å². The topological polar surface area (TPSA) is 41.3 Å². The van der Waals surface area contributed by atoms with Crippen LogP contribution in [0, 0.1) is 0 Å². The Morgan fingerprint density at radius 1 is 1.50 bits per heavy atom. The highest BCUT2D eigenvalue weighted by Crippen LogP contribution is 2.33. The Kier molecular flexibility index (Phi) is 1.57. The highest BCUT2D eigenvalue weighted by molar-refractivity contribution is 5.83. The number of anilines is 3. The van der Waals surface area contributed by atoms with Gasteiger partial charge in [-0.1, -0.05) is 6.07 Å². The van der Waals surface area contributed by atoms with Gasteiger partial charge in [0.1, 0.15) is 0 Å². The number of fused-ring (bicyclic) bond motifs is 1. The average Bonchev–Trinajstić information content (AvgIpc) is 2.04. The zero-order valence-corrected chi connectivity index (χ0v) is 7.17. The van der Waals surface area contributed by atoms with Crippen LogP contribution in [-0.2, 0) is 0 Å². The van der Waals surface area contributed by atoms with E-state index in [9.17, 15) is 0 Å². The molecule has 0 aromatic heterocycles. The largest absolute Gasteiger partial charge is 0.397 e. The second-order valence-electron chi connectivity index (χ2n) is 3.09. The van der Waals surface area contributed by atoms with Gasteiger partial charge < -0.3 is 16.0 Å². The summed E-state index contributed by atoms with van der Waals surface area (Å²) in [6, 6.07) is 5.96. The number of nitrogens with one attached hydrogen (secondary N) is 1. The summed E-state index contributed by atoms with van der Waals surface area (Å²) in [4.78, 5) is 2.18. The van der Waals surface area contributed by atoms with Gasteiger partial charge in [-0.2, -0.15) is 0 Å². The SMILES string of the molecule is CN1CCNc2cccc(N)c21. The number of likely N-dealkylation sites (N-methyl/N-ethyl adjacent to an activating group) is 1. The lowest BCUT2D eigenvalue weighted by Crippen LogP contribution is -2.30. The van der Waals surface area contributed by atoms with Crippen LogP contribution in [0.15, 0.2) is 18.2 Å². The monoisotopic (exact) mass is 163 g/mol. The molecule has 0 spiro atoms. The molecule has 0 saturated heterocycles. The van der Waals surface area contributed by atoms with Crippen molar-refractivity contribution in [1.82, 2.24) is 0 Å². The summed E-state index contributed by atoms with van der Waals surface area (Å²) < 4.78 is 0. The molecule has 0 unspecified atom stereocenters. The van der Waals surface area contributed by atoms with Crippen LogP contribution in [0.25, 0.3) is 0 Å². The van der Waals surface area contributed by atoms with Crippen LogP contribution in [0.1, 0.15) is 0 Å². The fourth-order valence-electron chi connectivity index (χ4n) is 1.60. The number of nitrogens with zero attached hydrogens (tertiary/aromatic N) is 1. The number of para-hydroxylation sites is 1. The smallest absolute Gasteiger partial charge is 0.0833 e. The van der Waals surface area contributed by atoms with E-state index in [4.69, 9.17) is 5.73 Å². The van der Waals surface area contributed by atoms with Crippen molar-refractivity contribution in [1.29, 1.82) is 0 Å². The molecule has 1 aromatic carbocycles. The zero-order valence-electron chi connectivity index (χ0n) is 7.17. The molecule has 64 valence electrons. The molecule has 2 rings (SSSR count). The van der Waals surface area contributed by atoms with Crippen LogP contribution < -0.4 is 16.0 Å². The summed E-state index contributed by atoms with van der Waals surface area (Å²) in [6.07, 6.45) is 0. The van der Waals surface area contributed by atoms with Gasteiger partial charge in [-0.15, -0.1) is 0 Å². The molecule has 1 aromatic rings. The minimum Gasteiger partial charge on any atom is -0.397 e. The molecule has 0 bridgehead atoms. The number of rotatable bonds is 0. The molecule has 0 aliphatic carbocycles. The quantitative estimate of drug-likeness (QED) is 0.563. The van der Waals surface area contributed by atoms with E-state index >= 15 is 0 Å². The fourth-order valence-corrected chi connectivity index (χ4v) is 1.60. The number of hydrogen-bond donors (Lipinski definition) is 2. The van der Waals surface area contributed by atoms with Crippen LogP contribution in [0.4, 0.5) is 17.1 Å². The van der Waals surface area contributed by atoms with Gasteiger partial charge in [0, 0.05) is 20.1 Å². The molecule has 1 aliphatic heterocycles. The second-order valence-corrected chi connectivity index (χ2v) is 3.09. The molecular formula is C9H13N3. The van der Waals surface area contributed by atoms with E-state index in [1.54, 1.807) is 0 Å². The lowest BCUT2D eigenvalue weighted by molar-refractivity contribution is 0.888. The molecule has 3 heteroatoms. The molecule has 3 nitrogen and oxygen atoms in total. The van der Waals surface area contributed by atoms with Crippen molar-refractivity contribution in [3.63, 3.8) is 0 Å². The normalized spacial score (nSPS) is 15.2. The second kappa shape index (κ2) is 2.59. The van der Waals surface area contributed by atoms with Crippen molar-refractivity contribution in [2.45, 2.75) is 0 Å². The molecule has 0 amide bonds. The van der Waals surface area contributed by atoms with Gasteiger partial charge in [0.05, 0.1) is 17.1 Å². The van der Waals surface area contributed by atoms with Crippen LogP contribution in [0.3, 0.4) is 0 Å². The maximum Gasteiger partial charge on any atom is 0.0833 e. The third-order valence-corrected chi connectivity index (χ3v) is 2.21. The number of nitrogens with two attached hydrogens (primary N) is 1. The lowest BCUT2D eigenvalue weighted by atomic mass is 10.2. The minimum absolute atomic E-state index is 0.849. The van der Waals surface area contributed by atoms with E-state index in [0.29, 0.717) is 0 Å². The molecule has 0 radical (unpaired) electrons. The van der Waals surface area contributed by atoms with Gasteiger partial charge in [-0.05, 0) is 12.1 Å². The number of hydrogen-bond acceptors (Lipinski definition) is 3. The summed E-state index contributed by atoms with van der Waals surface area (Å²) in [5.74, 6) is 0. The molecule has 0 fully saturated rings. The van der Waals surface area contributed by atoms with E-state index in [1.807, 2.05) is 12.1 Å². The van der Waals surface area contributed by atoms with E-state index < -0.39 is 0 Å². The first kappa shape index (κ1) is 7.28. The highest BCUT2D eigenvalue weighted by atomic mass is 15.2. The van der Waals surface area contributed by atoms with Crippen molar-refractivity contribution < 1.29 is 0 Å². The molecule has 3 N–H and O–H groups in total. The molecule has 1 aliphatic rings. The summed E-state index contributed by atoms with van der Waals surface area (Å²) >= 11 is 0.